The zero-order valence-corrected chi connectivity index (χ0v) is 9.45. The van der Waals surface area contributed by atoms with Gasteiger partial charge in [-0.05, 0) is 37.0 Å². The molecule has 86 valence electrons. The number of hydrogen-bond donors (Lipinski definition) is 1. The van der Waals surface area contributed by atoms with E-state index in [4.69, 9.17) is 5.11 Å². The van der Waals surface area contributed by atoms with Crippen LogP contribution in [0.5, 0.6) is 0 Å². The summed E-state index contributed by atoms with van der Waals surface area (Å²) < 4.78 is 0. The second-order valence-corrected chi connectivity index (χ2v) is 5.42. The maximum Gasteiger partial charge on any atom is 0.303 e. The lowest BCUT2D eigenvalue weighted by Crippen LogP contribution is -2.27. The van der Waals surface area contributed by atoms with Crippen molar-refractivity contribution < 1.29 is 9.90 Å². The van der Waals surface area contributed by atoms with Crippen LogP contribution in [0.15, 0.2) is 0 Å². The van der Waals surface area contributed by atoms with E-state index in [0.717, 1.165) is 18.3 Å². The minimum atomic E-state index is -0.624. The molecule has 0 aromatic carbocycles. The van der Waals surface area contributed by atoms with Crippen LogP contribution in [0, 0.1) is 17.8 Å². The molecule has 0 aromatic heterocycles. The third kappa shape index (κ3) is 2.96. The normalized spacial score (nSPS) is 35.9. The van der Waals surface area contributed by atoms with E-state index in [2.05, 4.69) is 0 Å². The molecular weight excluding hydrogens is 188 g/mol. The van der Waals surface area contributed by atoms with Crippen LogP contribution in [0.2, 0.25) is 0 Å². The Bertz CT molecular complexity index is 225. The van der Waals surface area contributed by atoms with Gasteiger partial charge in [0.05, 0.1) is 0 Å². The van der Waals surface area contributed by atoms with Gasteiger partial charge in [-0.3, -0.25) is 4.79 Å². The van der Waals surface area contributed by atoms with Crippen molar-refractivity contribution in [3.8, 4) is 0 Å². The van der Waals surface area contributed by atoms with Gasteiger partial charge in [0.15, 0.2) is 0 Å². The second kappa shape index (κ2) is 5.00. The topological polar surface area (TPSA) is 37.3 Å². The number of aliphatic carboxylic acids is 1. The zero-order valence-electron chi connectivity index (χ0n) is 9.45. The molecule has 15 heavy (non-hydrogen) atoms. The van der Waals surface area contributed by atoms with Crippen molar-refractivity contribution in [2.24, 2.45) is 17.8 Å². The Balaban J connectivity index is 1.78. The molecule has 2 nitrogen and oxygen atoms in total. The molecule has 0 aromatic rings. The highest BCUT2D eigenvalue weighted by Crippen LogP contribution is 2.43. The molecule has 2 heteroatoms. The van der Waals surface area contributed by atoms with Gasteiger partial charge >= 0.3 is 5.97 Å². The van der Waals surface area contributed by atoms with E-state index in [0.29, 0.717) is 12.3 Å². The molecule has 2 aliphatic carbocycles. The van der Waals surface area contributed by atoms with Gasteiger partial charge in [-0.25, -0.2) is 0 Å². The van der Waals surface area contributed by atoms with Gasteiger partial charge in [0.2, 0.25) is 0 Å². The molecule has 2 saturated carbocycles. The number of carboxylic acids is 1. The molecule has 0 spiro atoms. The van der Waals surface area contributed by atoms with Gasteiger partial charge in [0.1, 0.15) is 0 Å². The molecule has 2 rings (SSSR count). The average Bonchev–Trinajstić information content (AvgIpc) is 2.26. The van der Waals surface area contributed by atoms with Crippen molar-refractivity contribution in [1.82, 2.24) is 0 Å². The smallest absolute Gasteiger partial charge is 0.303 e. The summed E-state index contributed by atoms with van der Waals surface area (Å²) in [6, 6.07) is 0. The summed E-state index contributed by atoms with van der Waals surface area (Å²) >= 11 is 0. The Morgan fingerprint density at radius 1 is 1.07 bits per heavy atom. The van der Waals surface area contributed by atoms with Crippen molar-refractivity contribution in [2.75, 3.05) is 0 Å². The van der Waals surface area contributed by atoms with E-state index in [1.54, 1.807) is 0 Å². The predicted molar refractivity (Wildman–Crippen MR) is 59.7 cm³/mol. The van der Waals surface area contributed by atoms with E-state index in [-0.39, 0.29) is 0 Å². The fourth-order valence-electron chi connectivity index (χ4n) is 3.56. The lowest BCUT2D eigenvalue weighted by molar-refractivity contribution is -0.137. The highest BCUT2D eigenvalue weighted by Gasteiger charge is 2.31. The van der Waals surface area contributed by atoms with Crippen LogP contribution in [0.4, 0.5) is 0 Å². The maximum atomic E-state index is 10.5. The Hall–Kier alpha value is -0.530. The summed E-state index contributed by atoms with van der Waals surface area (Å²) in [5, 5.41) is 8.68. The molecule has 0 heterocycles. The zero-order chi connectivity index (χ0) is 10.7. The van der Waals surface area contributed by atoms with E-state index < -0.39 is 5.97 Å². The van der Waals surface area contributed by atoms with Crippen molar-refractivity contribution in [3.63, 3.8) is 0 Å². The van der Waals surface area contributed by atoms with Crippen molar-refractivity contribution in [1.29, 1.82) is 0 Å². The van der Waals surface area contributed by atoms with Crippen LogP contribution in [-0.2, 0) is 4.79 Å². The molecule has 0 saturated heterocycles. The Morgan fingerprint density at radius 3 is 2.53 bits per heavy atom. The third-order valence-corrected chi connectivity index (χ3v) is 4.41. The van der Waals surface area contributed by atoms with Crippen molar-refractivity contribution >= 4 is 5.97 Å². The summed E-state index contributed by atoms with van der Waals surface area (Å²) in [5.74, 6) is 2.01. The summed E-state index contributed by atoms with van der Waals surface area (Å²) in [5.41, 5.74) is 0. The standard InChI is InChI=1S/C13H22O2/c14-13(15)8-6-10-5-7-11-3-1-2-4-12(11)9-10/h10-12H,1-9H2,(H,14,15)/t10-,11+,12+/m0/s1. The minimum absolute atomic E-state index is 0.377. The molecule has 0 amide bonds. The molecule has 0 bridgehead atoms. The summed E-state index contributed by atoms with van der Waals surface area (Å²) in [6.45, 7) is 0. The molecule has 0 unspecified atom stereocenters. The van der Waals surface area contributed by atoms with Gasteiger partial charge in [-0.1, -0.05) is 32.1 Å². The van der Waals surface area contributed by atoms with Crippen LogP contribution >= 0.6 is 0 Å². The summed E-state index contributed by atoms with van der Waals surface area (Å²) in [4.78, 5) is 10.5. The lowest BCUT2D eigenvalue weighted by Gasteiger charge is -2.39. The molecule has 2 aliphatic rings. The quantitative estimate of drug-likeness (QED) is 0.774. The van der Waals surface area contributed by atoms with E-state index in [9.17, 15) is 4.79 Å². The number of hydrogen-bond acceptors (Lipinski definition) is 1. The van der Waals surface area contributed by atoms with Crippen molar-refractivity contribution in [3.05, 3.63) is 0 Å². The fourth-order valence-corrected chi connectivity index (χ4v) is 3.56. The van der Waals surface area contributed by atoms with Crippen LogP contribution in [0.3, 0.4) is 0 Å². The van der Waals surface area contributed by atoms with Gasteiger partial charge in [0.25, 0.3) is 0 Å². The first-order valence-electron chi connectivity index (χ1n) is 6.47. The lowest BCUT2D eigenvalue weighted by atomic mass is 9.67. The second-order valence-electron chi connectivity index (χ2n) is 5.42. The predicted octanol–water partition coefficient (Wildman–Crippen LogP) is 3.46. The van der Waals surface area contributed by atoms with E-state index in [1.165, 1.54) is 44.9 Å². The third-order valence-electron chi connectivity index (χ3n) is 4.41. The number of rotatable bonds is 3. The van der Waals surface area contributed by atoms with Crippen LogP contribution < -0.4 is 0 Å². The highest BCUT2D eigenvalue weighted by molar-refractivity contribution is 5.66. The molecule has 3 atom stereocenters. The molecule has 1 N–H and O–H groups in total. The van der Waals surface area contributed by atoms with Crippen molar-refractivity contribution in [2.45, 2.75) is 57.8 Å². The molecule has 2 fully saturated rings. The van der Waals surface area contributed by atoms with Crippen LogP contribution in [-0.4, -0.2) is 11.1 Å². The largest absolute Gasteiger partial charge is 0.481 e. The first-order valence-corrected chi connectivity index (χ1v) is 6.47. The van der Waals surface area contributed by atoms with Crippen LogP contribution in [0.1, 0.15) is 57.8 Å². The first-order chi connectivity index (χ1) is 7.25. The van der Waals surface area contributed by atoms with E-state index >= 15 is 0 Å². The van der Waals surface area contributed by atoms with E-state index in [1.807, 2.05) is 0 Å². The van der Waals surface area contributed by atoms with Gasteiger partial charge in [0, 0.05) is 6.42 Å². The number of fused-ring (bicyclic) bond motifs is 1. The Labute approximate surface area is 92.1 Å². The maximum absolute atomic E-state index is 10.5. The molecule has 0 radical (unpaired) electrons. The fraction of sp³-hybridized carbons (Fsp3) is 0.923. The molecule has 0 aliphatic heterocycles. The van der Waals surface area contributed by atoms with Crippen LogP contribution in [0.25, 0.3) is 0 Å². The monoisotopic (exact) mass is 210 g/mol. The highest BCUT2D eigenvalue weighted by atomic mass is 16.4. The van der Waals surface area contributed by atoms with Gasteiger partial charge in [-0.2, -0.15) is 0 Å². The Kier molecular flexibility index (Phi) is 3.66. The first kappa shape index (κ1) is 11.0. The average molecular weight is 210 g/mol. The summed E-state index contributed by atoms with van der Waals surface area (Å²) in [6.07, 6.45) is 11.0. The Morgan fingerprint density at radius 2 is 1.80 bits per heavy atom. The summed E-state index contributed by atoms with van der Waals surface area (Å²) in [7, 11) is 0. The SMILES string of the molecule is O=C(O)CC[C@@H]1CC[C@H]2CCCC[C@@H]2C1. The van der Waals surface area contributed by atoms with Gasteiger partial charge < -0.3 is 5.11 Å². The number of carboxylic acid groups (broad SMARTS) is 1. The minimum Gasteiger partial charge on any atom is -0.481 e. The molecular formula is C13H22O2. The van der Waals surface area contributed by atoms with Gasteiger partial charge in [-0.15, -0.1) is 0 Å². The number of carbonyl (C=O) groups is 1.